The molecule has 94 valence electrons. The highest BCUT2D eigenvalue weighted by Gasteiger charge is 2.04. The summed E-state index contributed by atoms with van der Waals surface area (Å²) in [7, 11) is 0. The monoisotopic (exact) mass is 248 g/mol. The second-order valence-corrected chi connectivity index (χ2v) is 4.89. The SMILES string of the molecule is Cc1cc(C)c2oc(/C=C/c3ccccc3)cc2c1. The van der Waals surface area contributed by atoms with E-state index in [9.17, 15) is 0 Å². The molecular weight excluding hydrogens is 232 g/mol. The number of aryl methyl sites for hydroxylation is 2. The van der Waals surface area contributed by atoms with Crippen LogP contribution >= 0.6 is 0 Å². The summed E-state index contributed by atoms with van der Waals surface area (Å²) in [4.78, 5) is 0. The fourth-order valence-electron chi connectivity index (χ4n) is 2.36. The van der Waals surface area contributed by atoms with Crippen molar-refractivity contribution in [2.75, 3.05) is 0 Å². The molecule has 2 aromatic carbocycles. The first kappa shape index (κ1) is 11.8. The molecule has 1 heteroatoms. The van der Waals surface area contributed by atoms with Crippen LogP contribution in [0.3, 0.4) is 0 Å². The summed E-state index contributed by atoms with van der Waals surface area (Å²) < 4.78 is 5.89. The van der Waals surface area contributed by atoms with Crippen LogP contribution in [-0.2, 0) is 0 Å². The van der Waals surface area contributed by atoms with Gasteiger partial charge < -0.3 is 4.42 Å². The summed E-state index contributed by atoms with van der Waals surface area (Å²) in [6.07, 6.45) is 4.09. The van der Waals surface area contributed by atoms with Gasteiger partial charge in [-0.15, -0.1) is 0 Å². The Morgan fingerprint density at radius 3 is 2.47 bits per heavy atom. The van der Waals surface area contributed by atoms with Crippen LogP contribution in [0, 0.1) is 13.8 Å². The molecule has 0 fully saturated rings. The van der Waals surface area contributed by atoms with Crippen LogP contribution < -0.4 is 0 Å². The Balaban J connectivity index is 1.98. The van der Waals surface area contributed by atoms with E-state index >= 15 is 0 Å². The number of rotatable bonds is 2. The average molecular weight is 248 g/mol. The summed E-state index contributed by atoms with van der Waals surface area (Å²) in [5.74, 6) is 0.896. The van der Waals surface area contributed by atoms with E-state index in [4.69, 9.17) is 4.42 Å². The molecule has 1 nitrogen and oxygen atoms in total. The zero-order valence-electron chi connectivity index (χ0n) is 11.2. The highest BCUT2D eigenvalue weighted by molar-refractivity contribution is 5.84. The zero-order chi connectivity index (χ0) is 13.2. The molecule has 0 aliphatic rings. The van der Waals surface area contributed by atoms with E-state index in [1.165, 1.54) is 22.1 Å². The van der Waals surface area contributed by atoms with Gasteiger partial charge in [0.2, 0.25) is 0 Å². The molecule has 0 unspecified atom stereocenters. The van der Waals surface area contributed by atoms with Crippen molar-refractivity contribution in [1.82, 2.24) is 0 Å². The van der Waals surface area contributed by atoms with E-state index in [2.05, 4.69) is 50.3 Å². The molecule has 0 aliphatic carbocycles. The largest absolute Gasteiger partial charge is 0.456 e. The first-order chi connectivity index (χ1) is 9.22. The highest BCUT2D eigenvalue weighted by atomic mass is 16.3. The minimum atomic E-state index is 0.896. The molecule has 0 atom stereocenters. The predicted molar refractivity (Wildman–Crippen MR) is 81.1 cm³/mol. The number of hydrogen-bond acceptors (Lipinski definition) is 1. The third-order valence-electron chi connectivity index (χ3n) is 3.20. The highest BCUT2D eigenvalue weighted by Crippen LogP contribution is 2.25. The average Bonchev–Trinajstić information content (AvgIpc) is 2.81. The van der Waals surface area contributed by atoms with E-state index < -0.39 is 0 Å². The lowest BCUT2D eigenvalue weighted by Crippen LogP contribution is -1.76. The molecule has 0 aliphatic heterocycles. The van der Waals surface area contributed by atoms with Crippen LogP contribution in [0.2, 0.25) is 0 Å². The summed E-state index contributed by atoms with van der Waals surface area (Å²) in [5.41, 5.74) is 4.62. The van der Waals surface area contributed by atoms with Gasteiger partial charge in [-0.05, 0) is 43.2 Å². The van der Waals surface area contributed by atoms with Gasteiger partial charge in [-0.1, -0.05) is 48.0 Å². The first-order valence-corrected chi connectivity index (χ1v) is 6.46. The van der Waals surface area contributed by atoms with Crippen molar-refractivity contribution in [2.45, 2.75) is 13.8 Å². The molecule has 0 N–H and O–H groups in total. The molecule has 0 amide bonds. The van der Waals surface area contributed by atoms with Gasteiger partial charge in [-0.25, -0.2) is 0 Å². The summed E-state index contributed by atoms with van der Waals surface area (Å²) in [5, 5.41) is 1.17. The Bertz CT molecular complexity index is 733. The fourth-order valence-corrected chi connectivity index (χ4v) is 2.36. The molecular formula is C18H16O. The quantitative estimate of drug-likeness (QED) is 0.606. The number of hydrogen-bond donors (Lipinski definition) is 0. The van der Waals surface area contributed by atoms with Gasteiger partial charge in [-0.3, -0.25) is 0 Å². The summed E-state index contributed by atoms with van der Waals surface area (Å²) in [6, 6.07) is 16.6. The van der Waals surface area contributed by atoms with Crippen molar-refractivity contribution in [2.24, 2.45) is 0 Å². The Morgan fingerprint density at radius 2 is 1.68 bits per heavy atom. The maximum absolute atomic E-state index is 5.89. The number of benzene rings is 2. The van der Waals surface area contributed by atoms with Gasteiger partial charge in [0.05, 0.1) is 0 Å². The van der Waals surface area contributed by atoms with Gasteiger partial charge in [0.1, 0.15) is 11.3 Å². The number of fused-ring (bicyclic) bond motifs is 1. The third kappa shape index (κ3) is 2.45. The molecule has 1 heterocycles. The molecule has 19 heavy (non-hydrogen) atoms. The molecule has 1 aromatic heterocycles. The second kappa shape index (κ2) is 4.77. The minimum Gasteiger partial charge on any atom is -0.456 e. The van der Waals surface area contributed by atoms with Crippen LogP contribution in [0.15, 0.2) is 52.9 Å². The molecule has 3 aromatic rings. The first-order valence-electron chi connectivity index (χ1n) is 6.46. The van der Waals surface area contributed by atoms with Crippen molar-refractivity contribution < 1.29 is 4.42 Å². The second-order valence-electron chi connectivity index (χ2n) is 4.89. The topological polar surface area (TPSA) is 13.1 Å². The summed E-state index contributed by atoms with van der Waals surface area (Å²) in [6.45, 7) is 4.20. The standard InChI is InChI=1S/C18H16O/c1-13-10-14(2)18-16(11-13)12-17(19-18)9-8-15-6-4-3-5-7-15/h3-12H,1-2H3/b9-8+. The Labute approximate surface area is 113 Å². The fraction of sp³-hybridized carbons (Fsp3) is 0.111. The summed E-state index contributed by atoms with van der Waals surface area (Å²) >= 11 is 0. The van der Waals surface area contributed by atoms with Crippen LogP contribution in [0.25, 0.3) is 23.1 Å². The van der Waals surface area contributed by atoms with E-state index in [1.807, 2.05) is 24.3 Å². The van der Waals surface area contributed by atoms with Crippen molar-refractivity contribution in [3.05, 3.63) is 71.0 Å². The van der Waals surface area contributed by atoms with Crippen molar-refractivity contribution in [3.8, 4) is 0 Å². The minimum absolute atomic E-state index is 0.896. The Hall–Kier alpha value is -2.28. The van der Waals surface area contributed by atoms with Gasteiger partial charge >= 0.3 is 0 Å². The van der Waals surface area contributed by atoms with Gasteiger partial charge in [0.15, 0.2) is 0 Å². The van der Waals surface area contributed by atoms with Crippen LogP contribution in [0.4, 0.5) is 0 Å². The normalized spacial score (nSPS) is 11.5. The molecule has 0 saturated carbocycles. The Morgan fingerprint density at radius 1 is 0.895 bits per heavy atom. The molecule has 0 radical (unpaired) electrons. The molecule has 0 spiro atoms. The lowest BCUT2D eigenvalue weighted by Gasteiger charge is -1.96. The van der Waals surface area contributed by atoms with E-state index in [-0.39, 0.29) is 0 Å². The van der Waals surface area contributed by atoms with Crippen LogP contribution in [0.5, 0.6) is 0 Å². The van der Waals surface area contributed by atoms with Crippen LogP contribution in [-0.4, -0.2) is 0 Å². The maximum Gasteiger partial charge on any atom is 0.137 e. The van der Waals surface area contributed by atoms with Gasteiger partial charge in [0.25, 0.3) is 0 Å². The lowest BCUT2D eigenvalue weighted by molar-refractivity contribution is 0.602. The van der Waals surface area contributed by atoms with Crippen molar-refractivity contribution >= 4 is 23.1 Å². The van der Waals surface area contributed by atoms with E-state index in [0.29, 0.717) is 0 Å². The molecule has 0 bridgehead atoms. The number of furan rings is 1. The Kier molecular flexibility index (Phi) is 2.96. The van der Waals surface area contributed by atoms with Gasteiger partial charge in [-0.2, -0.15) is 0 Å². The van der Waals surface area contributed by atoms with E-state index in [1.54, 1.807) is 0 Å². The lowest BCUT2D eigenvalue weighted by atomic mass is 10.1. The maximum atomic E-state index is 5.89. The third-order valence-corrected chi connectivity index (χ3v) is 3.20. The smallest absolute Gasteiger partial charge is 0.137 e. The van der Waals surface area contributed by atoms with Crippen LogP contribution in [0.1, 0.15) is 22.5 Å². The molecule has 3 rings (SSSR count). The molecule has 0 saturated heterocycles. The zero-order valence-corrected chi connectivity index (χ0v) is 11.2. The van der Waals surface area contributed by atoms with Crippen molar-refractivity contribution in [3.63, 3.8) is 0 Å². The van der Waals surface area contributed by atoms with Crippen molar-refractivity contribution in [1.29, 1.82) is 0 Å². The van der Waals surface area contributed by atoms with E-state index in [0.717, 1.165) is 11.3 Å². The predicted octanol–water partition coefficient (Wildman–Crippen LogP) is 5.22. The van der Waals surface area contributed by atoms with Gasteiger partial charge in [0, 0.05) is 5.39 Å².